The molecule has 0 aliphatic rings. The molecule has 0 radical (unpaired) electrons. The van der Waals surface area contributed by atoms with Gasteiger partial charge in [0.15, 0.2) is 0 Å². The van der Waals surface area contributed by atoms with Gasteiger partial charge in [0.05, 0.1) is 0 Å². The summed E-state index contributed by atoms with van der Waals surface area (Å²) in [6.07, 6.45) is 1.61. The van der Waals surface area contributed by atoms with Gasteiger partial charge in [0.1, 0.15) is 5.82 Å². The molecule has 66 valence electrons. The lowest BCUT2D eigenvalue weighted by atomic mass is 9.96. The Morgan fingerprint density at radius 1 is 1.42 bits per heavy atom. The highest BCUT2D eigenvalue weighted by Gasteiger charge is 2.16. The van der Waals surface area contributed by atoms with Crippen molar-refractivity contribution >= 4 is 0 Å². The zero-order valence-electron chi connectivity index (χ0n) is 7.93. The smallest absolute Gasteiger partial charge is 0.253 e. The largest absolute Gasteiger partial charge is 0.310 e. The van der Waals surface area contributed by atoms with Crippen LogP contribution in [-0.4, -0.2) is 9.97 Å². The second-order valence-electron chi connectivity index (χ2n) is 3.99. The number of H-pyrrole nitrogens is 1. The summed E-state index contributed by atoms with van der Waals surface area (Å²) in [5, 5.41) is 0. The van der Waals surface area contributed by atoms with Gasteiger partial charge < -0.3 is 4.98 Å². The van der Waals surface area contributed by atoms with Crippen LogP contribution in [0, 0.1) is 6.92 Å². The normalized spacial score (nSPS) is 11.7. The average molecular weight is 166 g/mol. The van der Waals surface area contributed by atoms with Gasteiger partial charge in [-0.25, -0.2) is 4.98 Å². The molecular weight excluding hydrogens is 152 g/mol. The number of nitrogens with zero attached hydrogens (tertiary/aromatic N) is 1. The predicted molar refractivity (Wildman–Crippen MR) is 48.3 cm³/mol. The van der Waals surface area contributed by atoms with E-state index in [0.717, 1.165) is 5.82 Å². The van der Waals surface area contributed by atoms with E-state index in [2.05, 4.69) is 9.97 Å². The third kappa shape index (κ3) is 1.72. The first-order valence-corrected chi connectivity index (χ1v) is 3.97. The Labute approximate surface area is 71.9 Å². The molecule has 0 aliphatic heterocycles. The Morgan fingerprint density at radius 3 is 2.42 bits per heavy atom. The Balaban J connectivity index is 3.23. The van der Waals surface area contributed by atoms with E-state index in [1.807, 2.05) is 20.8 Å². The fourth-order valence-electron chi connectivity index (χ4n) is 0.840. The van der Waals surface area contributed by atoms with Crippen LogP contribution >= 0.6 is 0 Å². The van der Waals surface area contributed by atoms with Gasteiger partial charge in [-0.1, -0.05) is 20.8 Å². The molecule has 0 fully saturated rings. The lowest BCUT2D eigenvalue weighted by Crippen LogP contribution is -2.22. The molecule has 1 rings (SSSR count). The molecule has 12 heavy (non-hydrogen) atoms. The molecular formula is C9H14N2O. The van der Waals surface area contributed by atoms with Crippen LogP contribution in [0.15, 0.2) is 11.0 Å². The van der Waals surface area contributed by atoms with E-state index in [1.165, 1.54) is 0 Å². The van der Waals surface area contributed by atoms with Gasteiger partial charge in [-0.15, -0.1) is 0 Å². The maximum atomic E-state index is 11.2. The van der Waals surface area contributed by atoms with Crippen LogP contribution in [0.5, 0.6) is 0 Å². The summed E-state index contributed by atoms with van der Waals surface area (Å²) in [5.41, 5.74) is 0.519. The zero-order chi connectivity index (χ0) is 9.35. The SMILES string of the molecule is Cc1cnc(C(C)(C)C)[nH]c1=O. The molecule has 0 aliphatic carbocycles. The third-order valence-corrected chi connectivity index (χ3v) is 1.69. The highest BCUT2D eigenvalue weighted by atomic mass is 16.1. The molecule has 0 aromatic carbocycles. The summed E-state index contributed by atoms with van der Waals surface area (Å²) in [6.45, 7) is 7.79. The van der Waals surface area contributed by atoms with Crippen LogP contribution < -0.4 is 5.56 Å². The maximum Gasteiger partial charge on any atom is 0.253 e. The summed E-state index contributed by atoms with van der Waals surface area (Å²) in [5.74, 6) is 0.734. The molecule has 0 unspecified atom stereocenters. The van der Waals surface area contributed by atoms with Gasteiger partial charge >= 0.3 is 0 Å². The van der Waals surface area contributed by atoms with Crippen LogP contribution in [0.3, 0.4) is 0 Å². The maximum absolute atomic E-state index is 11.2. The van der Waals surface area contributed by atoms with Crippen LogP contribution in [0.2, 0.25) is 0 Å². The van der Waals surface area contributed by atoms with Crippen molar-refractivity contribution in [2.75, 3.05) is 0 Å². The minimum atomic E-state index is -0.0904. The van der Waals surface area contributed by atoms with Gasteiger partial charge in [-0.3, -0.25) is 4.79 Å². The molecule has 1 aromatic heterocycles. The molecule has 0 saturated heterocycles. The highest BCUT2D eigenvalue weighted by molar-refractivity contribution is 5.07. The van der Waals surface area contributed by atoms with Crippen LogP contribution in [0.25, 0.3) is 0 Å². The number of aromatic amines is 1. The van der Waals surface area contributed by atoms with Gasteiger partial charge in [0.25, 0.3) is 5.56 Å². The second kappa shape index (κ2) is 2.73. The summed E-state index contributed by atoms with van der Waals surface area (Å²) >= 11 is 0. The third-order valence-electron chi connectivity index (χ3n) is 1.69. The molecule has 3 heteroatoms. The Hall–Kier alpha value is -1.12. The number of hydrogen-bond acceptors (Lipinski definition) is 2. The fraction of sp³-hybridized carbons (Fsp3) is 0.556. The quantitative estimate of drug-likeness (QED) is 0.632. The van der Waals surface area contributed by atoms with Crippen molar-refractivity contribution in [3.05, 3.63) is 27.9 Å². The molecule has 0 bridgehead atoms. The minimum Gasteiger partial charge on any atom is -0.310 e. The van der Waals surface area contributed by atoms with E-state index in [9.17, 15) is 4.79 Å². The second-order valence-corrected chi connectivity index (χ2v) is 3.99. The lowest BCUT2D eigenvalue weighted by Gasteiger charge is -2.16. The van der Waals surface area contributed by atoms with Gasteiger partial charge in [-0.05, 0) is 6.92 Å². The molecule has 3 nitrogen and oxygen atoms in total. The first-order chi connectivity index (χ1) is 5.41. The minimum absolute atomic E-state index is 0.0464. The highest BCUT2D eigenvalue weighted by Crippen LogP contribution is 2.15. The molecule has 0 amide bonds. The standard InChI is InChI=1S/C9H14N2O/c1-6-5-10-8(9(2,3)4)11-7(6)12/h5H,1-4H3,(H,10,11,12). The van der Waals surface area contributed by atoms with Gasteiger partial charge in [0, 0.05) is 17.2 Å². The molecule has 0 saturated carbocycles. The Morgan fingerprint density at radius 2 is 2.00 bits per heavy atom. The van der Waals surface area contributed by atoms with Crippen molar-refractivity contribution in [3.8, 4) is 0 Å². The van der Waals surface area contributed by atoms with E-state index >= 15 is 0 Å². The molecule has 0 atom stereocenters. The number of aryl methyl sites for hydroxylation is 1. The monoisotopic (exact) mass is 166 g/mol. The van der Waals surface area contributed by atoms with Crippen molar-refractivity contribution in [2.45, 2.75) is 33.1 Å². The number of aromatic nitrogens is 2. The predicted octanol–water partition coefficient (Wildman–Crippen LogP) is 1.38. The number of hydrogen-bond donors (Lipinski definition) is 1. The molecule has 1 aromatic rings. The first-order valence-electron chi connectivity index (χ1n) is 3.97. The zero-order valence-corrected chi connectivity index (χ0v) is 7.93. The van der Waals surface area contributed by atoms with E-state index in [0.29, 0.717) is 5.56 Å². The summed E-state index contributed by atoms with van der Waals surface area (Å²) in [4.78, 5) is 18.1. The Kier molecular flexibility index (Phi) is 2.04. The van der Waals surface area contributed by atoms with Gasteiger partial charge in [0.2, 0.25) is 0 Å². The van der Waals surface area contributed by atoms with E-state index < -0.39 is 0 Å². The Bertz CT molecular complexity index is 333. The average Bonchev–Trinajstić information content (AvgIpc) is 1.92. The molecule has 1 heterocycles. The fourth-order valence-corrected chi connectivity index (χ4v) is 0.840. The van der Waals surface area contributed by atoms with Crippen molar-refractivity contribution < 1.29 is 0 Å². The topological polar surface area (TPSA) is 45.8 Å². The van der Waals surface area contributed by atoms with Crippen molar-refractivity contribution in [3.63, 3.8) is 0 Å². The first kappa shape index (κ1) is 8.97. The molecule has 0 spiro atoms. The summed E-state index contributed by atoms with van der Waals surface area (Å²) in [7, 11) is 0. The van der Waals surface area contributed by atoms with E-state index in [-0.39, 0.29) is 11.0 Å². The van der Waals surface area contributed by atoms with E-state index in [4.69, 9.17) is 0 Å². The number of nitrogens with one attached hydrogen (secondary N) is 1. The van der Waals surface area contributed by atoms with Crippen molar-refractivity contribution in [1.82, 2.24) is 9.97 Å². The van der Waals surface area contributed by atoms with Gasteiger partial charge in [-0.2, -0.15) is 0 Å². The van der Waals surface area contributed by atoms with Crippen LogP contribution in [-0.2, 0) is 5.41 Å². The van der Waals surface area contributed by atoms with E-state index in [1.54, 1.807) is 13.1 Å². The van der Waals surface area contributed by atoms with Crippen molar-refractivity contribution in [2.24, 2.45) is 0 Å². The summed E-state index contributed by atoms with van der Waals surface area (Å²) < 4.78 is 0. The summed E-state index contributed by atoms with van der Waals surface area (Å²) in [6, 6.07) is 0. The van der Waals surface area contributed by atoms with Crippen LogP contribution in [0.4, 0.5) is 0 Å². The van der Waals surface area contributed by atoms with Crippen LogP contribution in [0.1, 0.15) is 32.2 Å². The van der Waals surface area contributed by atoms with Crippen molar-refractivity contribution in [1.29, 1.82) is 0 Å². The lowest BCUT2D eigenvalue weighted by molar-refractivity contribution is 0.541. The molecule has 1 N–H and O–H groups in total. The number of rotatable bonds is 0.